The second-order valence-electron chi connectivity index (χ2n) is 4.66. The van der Waals surface area contributed by atoms with E-state index in [4.69, 9.17) is 5.73 Å². The van der Waals surface area contributed by atoms with Gasteiger partial charge in [-0.1, -0.05) is 20.3 Å². The van der Waals surface area contributed by atoms with Crippen LogP contribution in [0.3, 0.4) is 0 Å². The predicted octanol–water partition coefficient (Wildman–Crippen LogP) is 2.47. The highest BCUT2D eigenvalue weighted by atomic mass is 16.6. The lowest BCUT2D eigenvalue weighted by Gasteiger charge is -2.25. The Labute approximate surface area is 118 Å². The van der Waals surface area contributed by atoms with E-state index in [1.54, 1.807) is 17.0 Å². The van der Waals surface area contributed by atoms with Gasteiger partial charge in [-0.15, -0.1) is 0 Å². The maximum atomic E-state index is 12.3. The summed E-state index contributed by atoms with van der Waals surface area (Å²) in [4.78, 5) is 24.1. The SMILES string of the molecule is CCCC(N)C(=O)N(CCC)c1ccc([N+](=O)[O-])cc1. The summed E-state index contributed by atoms with van der Waals surface area (Å²) in [5.41, 5.74) is 6.53. The van der Waals surface area contributed by atoms with Crippen LogP contribution in [0.1, 0.15) is 33.1 Å². The van der Waals surface area contributed by atoms with Crippen molar-refractivity contribution < 1.29 is 9.72 Å². The Bertz CT molecular complexity index is 459. The van der Waals surface area contributed by atoms with E-state index in [1.165, 1.54) is 12.1 Å². The fourth-order valence-corrected chi connectivity index (χ4v) is 1.98. The third-order valence-corrected chi connectivity index (χ3v) is 3.00. The van der Waals surface area contributed by atoms with Crippen molar-refractivity contribution >= 4 is 17.3 Å². The highest BCUT2D eigenvalue weighted by molar-refractivity contribution is 5.97. The van der Waals surface area contributed by atoms with Crippen LogP contribution >= 0.6 is 0 Å². The number of anilines is 1. The Morgan fingerprint density at radius 3 is 2.35 bits per heavy atom. The van der Waals surface area contributed by atoms with Gasteiger partial charge in [-0.25, -0.2) is 0 Å². The molecule has 20 heavy (non-hydrogen) atoms. The summed E-state index contributed by atoms with van der Waals surface area (Å²) in [6, 6.07) is 5.45. The number of rotatable bonds is 7. The zero-order valence-electron chi connectivity index (χ0n) is 11.9. The van der Waals surface area contributed by atoms with Crippen LogP contribution in [0.5, 0.6) is 0 Å². The van der Waals surface area contributed by atoms with Crippen LogP contribution in [0.25, 0.3) is 0 Å². The van der Waals surface area contributed by atoms with Crippen molar-refractivity contribution in [2.24, 2.45) is 5.73 Å². The molecule has 0 bridgehead atoms. The molecule has 0 saturated heterocycles. The number of non-ortho nitro benzene ring substituents is 1. The van der Waals surface area contributed by atoms with Crippen LogP contribution in [0.2, 0.25) is 0 Å². The molecule has 2 N–H and O–H groups in total. The molecule has 0 spiro atoms. The molecule has 0 radical (unpaired) electrons. The third kappa shape index (κ3) is 4.03. The molecule has 6 nitrogen and oxygen atoms in total. The van der Waals surface area contributed by atoms with Crippen LogP contribution in [0.4, 0.5) is 11.4 Å². The van der Waals surface area contributed by atoms with Crippen LogP contribution in [-0.2, 0) is 4.79 Å². The van der Waals surface area contributed by atoms with Crippen molar-refractivity contribution in [3.63, 3.8) is 0 Å². The fraction of sp³-hybridized carbons (Fsp3) is 0.500. The van der Waals surface area contributed by atoms with Gasteiger partial charge in [0.15, 0.2) is 0 Å². The van der Waals surface area contributed by atoms with Gasteiger partial charge in [-0.2, -0.15) is 0 Å². The molecule has 0 aromatic heterocycles. The summed E-state index contributed by atoms with van der Waals surface area (Å²) in [6.07, 6.45) is 2.26. The number of carbonyl (C=O) groups is 1. The Kier molecular flexibility index (Phi) is 6.11. The second kappa shape index (κ2) is 7.59. The summed E-state index contributed by atoms with van der Waals surface area (Å²) >= 11 is 0. The lowest BCUT2D eigenvalue weighted by Crippen LogP contribution is -2.44. The van der Waals surface area contributed by atoms with E-state index in [0.717, 1.165) is 12.8 Å². The van der Waals surface area contributed by atoms with E-state index < -0.39 is 11.0 Å². The minimum atomic E-state index is -0.526. The average Bonchev–Trinajstić information content (AvgIpc) is 2.44. The molecular formula is C14H21N3O3. The average molecular weight is 279 g/mol. The molecule has 1 amide bonds. The van der Waals surface area contributed by atoms with Crippen molar-refractivity contribution in [2.45, 2.75) is 39.2 Å². The normalized spacial score (nSPS) is 11.9. The van der Waals surface area contributed by atoms with Crippen molar-refractivity contribution in [3.05, 3.63) is 34.4 Å². The monoisotopic (exact) mass is 279 g/mol. The minimum Gasteiger partial charge on any atom is -0.320 e. The van der Waals surface area contributed by atoms with Crippen LogP contribution in [0.15, 0.2) is 24.3 Å². The first kappa shape index (κ1) is 16.1. The number of nitro groups is 1. The smallest absolute Gasteiger partial charge is 0.269 e. The van der Waals surface area contributed by atoms with Crippen molar-refractivity contribution in [2.75, 3.05) is 11.4 Å². The van der Waals surface area contributed by atoms with Gasteiger partial charge in [0.25, 0.3) is 5.69 Å². The molecule has 0 aliphatic carbocycles. The summed E-state index contributed by atoms with van der Waals surface area (Å²) in [5, 5.41) is 10.6. The summed E-state index contributed by atoms with van der Waals surface area (Å²) in [7, 11) is 0. The van der Waals surface area contributed by atoms with Crippen molar-refractivity contribution in [1.82, 2.24) is 0 Å². The maximum Gasteiger partial charge on any atom is 0.269 e. The Hall–Kier alpha value is -1.95. The summed E-state index contributed by atoms with van der Waals surface area (Å²) in [6.45, 7) is 4.49. The minimum absolute atomic E-state index is 0.00973. The number of hydrogen-bond acceptors (Lipinski definition) is 4. The Morgan fingerprint density at radius 2 is 1.90 bits per heavy atom. The number of nitrogens with two attached hydrogens (primary N) is 1. The molecule has 0 saturated carbocycles. The Morgan fingerprint density at radius 1 is 1.30 bits per heavy atom. The lowest BCUT2D eigenvalue weighted by molar-refractivity contribution is -0.384. The predicted molar refractivity (Wildman–Crippen MR) is 78.6 cm³/mol. The maximum absolute atomic E-state index is 12.3. The largest absolute Gasteiger partial charge is 0.320 e. The van der Waals surface area contributed by atoms with Crippen LogP contribution in [0, 0.1) is 10.1 Å². The number of benzene rings is 1. The summed E-state index contributed by atoms with van der Waals surface area (Å²) in [5.74, 6) is -0.137. The van der Waals surface area contributed by atoms with Crippen molar-refractivity contribution in [3.8, 4) is 0 Å². The Balaban J connectivity index is 2.95. The molecule has 1 rings (SSSR count). The van der Waals surface area contributed by atoms with Gasteiger partial charge in [-0.05, 0) is 25.0 Å². The molecule has 110 valence electrons. The van der Waals surface area contributed by atoms with E-state index in [9.17, 15) is 14.9 Å². The molecule has 0 heterocycles. The van der Waals surface area contributed by atoms with Gasteiger partial charge >= 0.3 is 0 Å². The highest BCUT2D eigenvalue weighted by Gasteiger charge is 2.21. The molecule has 1 aromatic carbocycles. The van der Waals surface area contributed by atoms with Crippen LogP contribution < -0.4 is 10.6 Å². The molecule has 0 aliphatic rings. The second-order valence-corrected chi connectivity index (χ2v) is 4.66. The van der Waals surface area contributed by atoms with Crippen molar-refractivity contribution in [1.29, 1.82) is 0 Å². The first-order valence-electron chi connectivity index (χ1n) is 6.82. The van der Waals surface area contributed by atoms with Crippen LogP contribution in [-0.4, -0.2) is 23.4 Å². The molecule has 0 aliphatic heterocycles. The third-order valence-electron chi connectivity index (χ3n) is 3.00. The number of hydrogen-bond donors (Lipinski definition) is 1. The quantitative estimate of drug-likeness (QED) is 0.613. The van der Waals surface area contributed by atoms with E-state index >= 15 is 0 Å². The van der Waals surface area contributed by atoms with Gasteiger partial charge in [-0.3, -0.25) is 14.9 Å². The molecular weight excluding hydrogens is 258 g/mol. The van der Waals surface area contributed by atoms with Gasteiger partial charge in [0.1, 0.15) is 0 Å². The molecule has 6 heteroatoms. The number of nitro benzene ring substituents is 1. The first-order chi connectivity index (χ1) is 9.51. The van der Waals surface area contributed by atoms with Gasteiger partial charge < -0.3 is 10.6 Å². The molecule has 0 fully saturated rings. The van der Waals surface area contributed by atoms with E-state index in [1.807, 2.05) is 13.8 Å². The van der Waals surface area contributed by atoms with Gasteiger partial charge in [0, 0.05) is 24.4 Å². The highest BCUT2D eigenvalue weighted by Crippen LogP contribution is 2.20. The molecule has 1 unspecified atom stereocenters. The zero-order chi connectivity index (χ0) is 15.1. The van der Waals surface area contributed by atoms with E-state index in [-0.39, 0.29) is 11.6 Å². The standard InChI is InChI=1S/C14H21N3O3/c1-3-5-13(15)14(18)16(10-4-2)11-6-8-12(9-7-11)17(19)20/h6-9,13H,3-5,10,15H2,1-2H3. The molecule has 1 atom stereocenters. The van der Waals surface area contributed by atoms with E-state index in [0.29, 0.717) is 18.7 Å². The number of amides is 1. The number of carbonyl (C=O) groups excluding carboxylic acids is 1. The van der Waals surface area contributed by atoms with E-state index in [2.05, 4.69) is 0 Å². The lowest BCUT2D eigenvalue weighted by atomic mass is 10.1. The molecule has 1 aromatic rings. The summed E-state index contributed by atoms with van der Waals surface area (Å²) < 4.78 is 0. The van der Waals surface area contributed by atoms with Gasteiger partial charge in [0.05, 0.1) is 11.0 Å². The topological polar surface area (TPSA) is 89.5 Å². The zero-order valence-corrected chi connectivity index (χ0v) is 11.9. The fourth-order valence-electron chi connectivity index (χ4n) is 1.98. The number of nitrogens with zero attached hydrogens (tertiary/aromatic N) is 2. The first-order valence-corrected chi connectivity index (χ1v) is 6.82. The van der Waals surface area contributed by atoms with Gasteiger partial charge in [0.2, 0.25) is 5.91 Å².